The van der Waals surface area contributed by atoms with E-state index in [1.807, 2.05) is 44.2 Å². The number of carbonyl (C=O) groups is 1. The van der Waals surface area contributed by atoms with Gasteiger partial charge in [0.05, 0.1) is 5.56 Å². The lowest BCUT2D eigenvalue weighted by Crippen LogP contribution is -2.43. The molecule has 1 aliphatic rings. The monoisotopic (exact) mass is 346 g/mol. The number of para-hydroxylation sites is 1. The minimum atomic E-state index is -0.611. The number of anilines is 2. The zero-order chi connectivity index (χ0) is 18.3. The van der Waals surface area contributed by atoms with Gasteiger partial charge in [-0.1, -0.05) is 36.4 Å². The molecular weight excluding hydrogens is 327 g/mol. The Labute approximate surface area is 152 Å². The normalized spacial score (nSPS) is 16.2. The Hall–Kier alpha value is -3.14. The predicted octanol–water partition coefficient (Wildman–Crippen LogP) is 5.21. The first-order valence-corrected chi connectivity index (χ1v) is 8.56. The number of nitrogens with one attached hydrogen (secondary N) is 1. The van der Waals surface area contributed by atoms with Gasteiger partial charge in [-0.25, -0.2) is 4.39 Å². The first kappa shape index (κ1) is 16.3. The summed E-state index contributed by atoms with van der Waals surface area (Å²) in [6.07, 6.45) is -0.611. The molecule has 0 aliphatic carbocycles. The van der Waals surface area contributed by atoms with E-state index in [9.17, 15) is 9.18 Å². The van der Waals surface area contributed by atoms with Crippen molar-refractivity contribution in [3.8, 4) is 0 Å². The Morgan fingerprint density at radius 2 is 1.58 bits per heavy atom. The molecule has 1 amide bonds. The number of hydrogen-bond acceptors (Lipinski definition) is 2. The lowest BCUT2D eigenvalue weighted by atomic mass is 10.0. The average Bonchev–Trinajstić information content (AvgIpc) is 2.61. The summed E-state index contributed by atoms with van der Waals surface area (Å²) in [7, 11) is 0. The molecule has 1 N–H and O–H groups in total. The fourth-order valence-corrected chi connectivity index (χ4v) is 3.52. The van der Waals surface area contributed by atoms with Crippen LogP contribution in [-0.2, 0) is 0 Å². The molecule has 26 heavy (non-hydrogen) atoms. The van der Waals surface area contributed by atoms with E-state index < -0.39 is 6.17 Å². The summed E-state index contributed by atoms with van der Waals surface area (Å²) in [4.78, 5) is 14.9. The summed E-state index contributed by atoms with van der Waals surface area (Å²) >= 11 is 0. The van der Waals surface area contributed by atoms with Gasteiger partial charge in [0.2, 0.25) is 0 Å². The van der Waals surface area contributed by atoms with Gasteiger partial charge in [-0.15, -0.1) is 0 Å². The maximum atomic E-state index is 14.5. The molecule has 3 aromatic rings. The highest BCUT2D eigenvalue weighted by atomic mass is 19.1. The van der Waals surface area contributed by atoms with Crippen molar-refractivity contribution < 1.29 is 9.18 Å². The second-order valence-electron chi connectivity index (χ2n) is 6.64. The van der Waals surface area contributed by atoms with Gasteiger partial charge in [-0.3, -0.25) is 9.69 Å². The fraction of sp³-hybridized carbons (Fsp3) is 0.136. The molecule has 0 saturated heterocycles. The second-order valence-corrected chi connectivity index (χ2v) is 6.64. The molecule has 1 unspecified atom stereocenters. The number of hydrogen-bond donors (Lipinski definition) is 1. The number of fused-ring (bicyclic) bond motifs is 1. The highest BCUT2D eigenvalue weighted by Crippen LogP contribution is 2.37. The number of rotatable bonds is 2. The van der Waals surface area contributed by atoms with E-state index in [4.69, 9.17) is 0 Å². The summed E-state index contributed by atoms with van der Waals surface area (Å²) in [5, 5.41) is 3.34. The molecule has 1 aliphatic heterocycles. The Morgan fingerprint density at radius 3 is 2.31 bits per heavy atom. The van der Waals surface area contributed by atoms with Crippen molar-refractivity contribution in [3.05, 3.63) is 94.8 Å². The number of halogens is 1. The summed E-state index contributed by atoms with van der Waals surface area (Å²) in [5.74, 6) is -0.482. The summed E-state index contributed by atoms with van der Waals surface area (Å²) in [6.45, 7) is 3.98. The van der Waals surface area contributed by atoms with Crippen LogP contribution in [0.2, 0.25) is 0 Å². The number of benzene rings is 3. The van der Waals surface area contributed by atoms with E-state index in [1.165, 1.54) is 6.07 Å². The Kier molecular flexibility index (Phi) is 3.96. The molecule has 0 saturated carbocycles. The zero-order valence-corrected chi connectivity index (χ0v) is 14.7. The van der Waals surface area contributed by atoms with Gasteiger partial charge in [-0.05, 0) is 55.3 Å². The minimum Gasteiger partial charge on any atom is -0.360 e. The summed E-state index contributed by atoms with van der Waals surface area (Å²) < 4.78 is 14.5. The molecular formula is C22H19FN2O. The Bertz CT molecular complexity index is 979. The van der Waals surface area contributed by atoms with E-state index in [-0.39, 0.29) is 11.7 Å². The van der Waals surface area contributed by atoms with Crippen molar-refractivity contribution in [3.63, 3.8) is 0 Å². The van der Waals surface area contributed by atoms with Gasteiger partial charge in [0.1, 0.15) is 12.0 Å². The maximum absolute atomic E-state index is 14.5. The molecule has 3 nitrogen and oxygen atoms in total. The van der Waals surface area contributed by atoms with Crippen molar-refractivity contribution in [2.45, 2.75) is 20.0 Å². The van der Waals surface area contributed by atoms with E-state index in [0.29, 0.717) is 16.8 Å². The third-order valence-corrected chi connectivity index (χ3v) is 4.61. The first-order chi connectivity index (χ1) is 12.5. The van der Waals surface area contributed by atoms with Gasteiger partial charge in [0.15, 0.2) is 0 Å². The van der Waals surface area contributed by atoms with E-state index >= 15 is 0 Å². The molecule has 0 radical (unpaired) electrons. The molecule has 0 bridgehead atoms. The number of amides is 1. The van der Waals surface area contributed by atoms with Crippen LogP contribution in [0.5, 0.6) is 0 Å². The quantitative estimate of drug-likeness (QED) is 0.690. The van der Waals surface area contributed by atoms with E-state index in [0.717, 1.165) is 16.8 Å². The highest BCUT2D eigenvalue weighted by Gasteiger charge is 2.35. The van der Waals surface area contributed by atoms with Crippen molar-refractivity contribution in [1.29, 1.82) is 0 Å². The largest absolute Gasteiger partial charge is 0.360 e. The Morgan fingerprint density at radius 1 is 0.923 bits per heavy atom. The molecule has 3 aromatic carbocycles. The van der Waals surface area contributed by atoms with Crippen molar-refractivity contribution >= 4 is 17.3 Å². The predicted molar refractivity (Wildman–Crippen MR) is 102 cm³/mol. The topological polar surface area (TPSA) is 32.3 Å². The number of carbonyl (C=O) groups excluding carboxylic acids is 1. The second kappa shape index (κ2) is 6.30. The molecule has 1 heterocycles. The van der Waals surface area contributed by atoms with Gasteiger partial charge < -0.3 is 5.32 Å². The van der Waals surface area contributed by atoms with Gasteiger partial charge in [-0.2, -0.15) is 0 Å². The van der Waals surface area contributed by atoms with Gasteiger partial charge >= 0.3 is 0 Å². The standard InChI is InChI=1S/C22H19FN2O/c1-14-11-15(2)13-16(12-14)25-21(17-7-3-5-9-19(17)23)24-20-10-6-4-8-18(20)22(25)26/h3-13,21,24H,1-2H3. The zero-order valence-electron chi connectivity index (χ0n) is 14.7. The molecule has 0 spiro atoms. The third-order valence-electron chi connectivity index (χ3n) is 4.61. The van der Waals surface area contributed by atoms with Crippen LogP contribution in [0.25, 0.3) is 0 Å². The molecule has 130 valence electrons. The number of aryl methyl sites for hydroxylation is 2. The lowest BCUT2D eigenvalue weighted by molar-refractivity contribution is 0.0974. The van der Waals surface area contributed by atoms with Crippen LogP contribution >= 0.6 is 0 Å². The fourth-order valence-electron chi connectivity index (χ4n) is 3.52. The molecule has 0 aromatic heterocycles. The van der Waals surface area contributed by atoms with Crippen LogP contribution in [0, 0.1) is 19.7 Å². The van der Waals surface area contributed by atoms with Gasteiger partial charge in [0, 0.05) is 16.9 Å². The van der Waals surface area contributed by atoms with Crippen LogP contribution < -0.4 is 10.2 Å². The van der Waals surface area contributed by atoms with Gasteiger partial charge in [0.25, 0.3) is 5.91 Å². The summed E-state index contributed by atoms with van der Waals surface area (Å²) in [5.41, 5.74) is 4.60. The van der Waals surface area contributed by atoms with Crippen molar-refractivity contribution in [2.24, 2.45) is 0 Å². The first-order valence-electron chi connectivity index (χ1n) is 8.56. The Balaban J connectivity index is 1.92. The third kappa shape index (κ3) is 2.73. The SMILES string of the molecule is Cc1cc(C)cc(N2C(=O)c3ccccc3NC2c2ccccc2F)c1. The van der Waals surface area contributed by atoms with Crippen LogP contribution in [0.3, 0.4) is 0 Å². The highest BCUT2D eigenvalue weighted by molar-refractivity contribution is 6.12. The maximum Gasteiger partial charge on any atom is 0.262 e. The minimum absolute atomic E-state index is 0.141. The van der Waals surface area contributed by atoms with Crippen molar-refractivity contribution in [1.82, 2.24) is 0 Å². The number of nitrogens with zero attached hydrogens (tertiary/aromatic N) is 1. The van der Waals surface area contributed by atoms with Crippen LogP contribution in [0.1, 0.15) is 33.2 Å². The molecule has 4 heteroatoms. The molecule has 1 atom stereocenters. The lowest BCUT2D eigenvalue weighted by Gasteiger charge is -2.38. The van der Waals surface area contributed by atoms with Crippen LogP contribution in [-0.4, -0.2) is 5.91 Å². The van der Waals surface area contributed by atoms with Crippen LogP contribution in [0.15, 0.2) is 66.7 Å². The smallest absolute Gasteiger partial charge is 0.262 e. The van der Waals surface area contributed by atoms with E-state index in [2.05, 4.69) is 11.4 Å². The summed E-state index contributed by atoms with van der Waals surface area (Å²) in [6, 6.07) is 19.9. The van der Waals surface area contributed by atoms with Crippen molar-refractivity contribution in [2.75, 3.05) is 10.2 Å². The van der Waals surface area contributed by atoms with E-state index in [1.54, 1.807) is 29.2 Å². The molecule has 4 rings (SSSR count). The average molecular weight is 346 g/mol. The molecule has 0 fully saturated rings. The van der Waals surface area contributed by atoms with Crippen LogP contribution in [0.4, 0.5) is 15.8 Å².